The smallest absolute Gasteiger partial charge is 0.350 e. The number of thiazole rings is 1. The summed E-state index contributed by atoms with van der Waals surface area (Å²) >= 11 is 2.23. The van der Waals surface area contributed by atoms with Crippen LogP contribution in [0.15, 0.2) is 34.4 Å². The first-order valence-electron chi connectivity index (χ1n) is 9.36. The number of carbonyl (C=O) groups excluding carboxylic acids is 2. The van der Waals surface area contributed by atoms with Crippen molar-refractivity contribution in [2.75, 3.05) is 26.1 Å². The van der Waals surface area contributed by atoms with Gasteiger partial charge >= 0.3 is 10.8 Å². The van der Waals surface area contributed by atoms with Gasteiger partial charge in [-0.3, -0.25) is 14.2 Å². The van der Waals surface area contributed by atoms with Crippen molar-refractivity contribution in [3.8, 4) is 21.9 Å². The van der Waals surface area contributed by atoms with Gasteiger partial charge in [-0.25, -0.2) is 4.79 Å². The van der Waals surface area contributed by atoms with E-state index in [4.69, 9.17) is 14.2 Å². The number of nitrogens with one attached hydrogen (secondary N) is 1. The standard InChI is InChI=1S/C21H22N2O6S2/c1-5-29-20(25)19-14(22-18(24)10-23-12(2)11-30-21(23)26)9-17(31-19)13-6-7-15(27-3)16(8-13)28-4/h6-9,11H,5,10H2,1-4H3,(H,22,24). The van der Waals surface area contributed by atoms with Gasteiger partial charge in [-0.15, -0.1) is 11.3 Å². The van der Waals surface area contributed by atoms with E-state index < -0.39 is 11.9 Å². The maximum absolute atomic E-state index is 12.6. The molecular formula is C21H22N2O6S2. The van der Waals surface area contributed by atoms with E-state index in [1.807, 2.05) is 6.07 Å². The Kier molecular flexibility index (Phi) is 7.13. The molecule has 0 aliphatic rings. The van der Waals surface area contributed by atoms with Gasteiger partial charge in [-0.1, -0.05) is 11.3 Å². The summed E-state index contributed by atoms with van der Waals surface area (Å²) in [5.74, 6) is 0.187. The Labute approximate surface area is 187 Å². The molecule has 0 radical (unpaired) electrons. The number of carbonyl (C=O) groups is 2. The van der Waals surface area contributed by atoms with E-state index in [1.54, 1.807) is 51.6 Å². The molecule has 0 atom stereocenters. The molecule has 3 rings (SSSR count). The highest BCUT2D eigenvalue weighted by molar-refractivity contribution is 7.18. The molecule has 8 nitrogen and oxygen atoms in total. The minimum atomic E-state index is -0.529. The summed E-state index contributed by atoms with van der Waals surface area (Å²) in [5.41, 5.74) is 1.82. The SMILES string of the molecule is CCOC(=O)c1sc(-c2ccc(OC)c(OC)c2)cc1NC(=O)Cn1c(C)csc1=O. The molecule has 1 aromatic carbocycles. The van der Waals surface area contributed by atoms with E-state index >= 15 is 0 Å². The van der Waals surface area contributed by atoms with Gasteiger partial charge in [0, 0.05) is 16.0 Å². The molecule has 0 saturated carbocycles. The molecule has 0 saturated heterocycles. The number of esters is 1. The topological polar surface area (TPSA) is 95.9 Å². The van der Waals surface area contributed by atoms with Crippen LogP contribution in [0.2, 0.25) is 0 Å². The fourth-order valence-electron chi connectivity index (χ4n) is 2.89. The summed E-state index contributed by atoms with van der Waals surface area (Å²) in [6.45, 7) is 3.54. The summed E-state index contributed by atoms with van der Waals surface area (Å²) in [7, 11) is 3.09. The normalized spacial score (nSPS) is 10.6. The second-order valence-corrected chi connectivity index (χ2v) is 8.29. The predicted molar refractivity (Wildman–Crippen MR) is 121 cm³/mol. The van der Waals surface area contributed by atoms with Crippen LogP contribution in [0.25, 0.3) is 10.4 Å². The Hall–Kier alpha value is -3.11. The number of aromatic nitrogens is 1. The number of ether oxygens (including phenoxy) is 3. The number of amides is 1. The Morgan fingerprint density at radius 1 is 1.13 bits per heavy atom. The molecule has 1 amide bonds. The zero-order valence-corrected chi connectivity index (χ0v) is 19.1. The van der Waals surface area contributed by atoms with Crippen LogP contribution < -0.4 is 19.7 Å². The third-order valence-corrected chi connectivity index (χ3v) is 6.46. The van der Waals surface area contributed by atoms with E-state index in [0.717, 1.165) is 21.8 Å². The summed E-state index contributed by atoms with van der Waals surface area (Å²) in [4.78, 5) is 37.8. The third kappa shape index (κ3) is 4.97. The van der Waals surface area contributed by atoms with Crippen molar-refractivity contribution in [1.82, 2.24) is 4.57 Å². The number of thiophene rings is 1. The lowest BCUT2D eigenvalue weighted by Crippen LogP contribution is -2.25. The van der Waals surface area contributed by atoms with Crippen LogP contribution in [-0.4, -0.2) is 37.3 Å². The highest BCUT2D eigenvalue weighted by Crippen LogP contribution is 2.39. The lowest BCUT2D eigenvalue weighted by atomic mass is 10.1. The van der Waals surface area contributed by atoms with E-state index in [-0.39, 0.29) is 22.9 Å². The summed E-state index contributed by atoms with van der Waals surface area (Å²) in [6, 6.07) is 7.10. The van der Waals surface area contributed by atoms with Crippen molar-refractivity contribution >= 4 is 40.2 Å². The number of hydrogen-bond donors (Lipinski definition) is 1. The van der Waals surface area contributed by atoms with Crippen LogP contribution in [0.1, 0.15) is 22.3 Å². The van der Waals surface area contributed by atoms with Gasteiger partial charge in [0.15, 0.2) is 11.5 Å². The number of methoxy groups -OCH3 is 2. The van der Waals surface area contributed by atoms with Gasteiger partial charge in [0.2, 0.25) is 5.91 Å². The summed E-state index contributed by atoms with van der Waals surface area (Å²) in [5, 5.41) is 4.44. The first-order valence-corrected chi connectivity index (χ1v) is 11.1. The minimum Gasteiger partial charge on any atom is -0.493 e. The van der Waals surface area contributed by atoms with Crippen molar-refractivity contribution < 1.29 is 23.8 Å². The molecule has 0 aliphatic heterocycles. The van der Waals surface area contributed by atoms with Crippen molar-refractivity contribution in [2.24, 2.45) is 0 Å². The quantitative estimate of drug-likeness (QED) is 0.512. The number of rotatable bonds is 8. The molecule has 0 unspecified atom stereocenters. The van der Waals surface area contributed by atoms with E-state index in [9.17, 15) is 14.4 Å². The Bertz CT molecular complexity index is 1160. The minimum absolute atomic E-state index is 0.141. The van der Waals surface area contributed by atoms with Crippen LogP contribution >= 0.6 is 22.7 Å². The molecule has 31 heavy (non-hydrogen) atoms. The number of anilines is 1. The Morgan fingerprint density at radius 3 is 2.48 bits per heavy atom. The number of hydrogen-bond acceptors (Lipinski definition) is 8. The first kappa shape index (κ1) is 22.6. The van der Waals surface area contributed by atoms with Crippen LogP contribution in [0.3, 0.4) is 0 Å². The van der Waals surface area contributed by atoms with Crippen LogP contribution in [-0.2, 0) is 16.1 Å². The molecule has 0 fully saturated rings. The molecule has 1 N–H and O–H groups in total. The highest BCUT2D eigenvalue weighted by atomic mass is 32.1. The predicted octanol–water partition coefficient (Wildman–Crippen LogP) is 3.78. The monoisotopic (exact) mass is 462 g/mol. The van der Waals surface area contributed by atoms with Gasteiger partial charge in [-0.05, 0) is 43.7 Å². The van der Waals surface area contributed by atoms with Crippen molar-refractivity contribution in [3.63, 3.8) is 0 Å². The molecule has 3 aromatic rings. The number of nitrogens with zero attached hydrogens (tertiary/aromatic N) is 1. The molecule has 0 spiro atoms. The van der Waals surface area contributed by atoms with Crippen molar-refractivity contribution in [1.29, 1.82) is 0 Å². The molecule has 2 heterocycles. The average Bonchev–Trinajstić information content (AvgIpc) is 3.31. The summed E-state index contributed by atoms with van der Waals surface area (Å²) in [6.07, 6.45) is 0. The Balaban J connectivity index is 1.94. The second kappa shape index (κ2) is 9.80. The summed E-state index contributed by atoms with van der Waals surface area (Å²) < 4.78 is 17.1. The molecule has 0 bridgehead atoms. The van der Waals surface area contributed by atoms with Gasteiger partial charge in [0.1, 0.15) is 11.4 Å². The van der Waals surface area contributed by atoms with Crippen LogP contribution in [0.5, 0.6) is 11.5 Å². The van der Waals surface area contributed by atoms with Gasteiger partial charge < -0.3 is 19.5 Å². The number of aryl methyl sites for hydroxylation is 1. The highest BCUT2D eigenvalue weighted by Gasteiger charge is 2.21. The van der Waals surface area contributed by atoms with Gasteiger partial charge in [0.05, 0.1) is 26.5 Å². The molecular weight excluding hydrogens is 440 g/mol. The van der Waals surface area contributed by atoms with Crippen LogP contribution in [0.4, 0.5) is 5.69 Å². The van der Waals surface area contributed by atoms with Gasteiger partial charge in [0.25, 0.3) is 0 Å². The van der Waals surface area contributed by atoms with Crippen molar-refractivity contribution in [3.05, 3.63) is 49.9 Å². The second-order valence-electron chi connectivity index (χ2n) is 6.42. The lowest BCUT2D eigenvalue weighted by Gasteiger charge is -2.08. The lowest BCUT2D eigenvalue weighted by molar-refractivity contribution is -0.116. The largest absolute Gasteiger partial charge is 0.493 e. The molecule has 0 aliphatic carbocycles. The maximum Gasteiger partial charge on any atom is 0.350 e. The van der Waals surface area contributed by atoms with Crippen molar-refractivity contribution in [2.45, 2.75) is 20.4 Å². The van der Waals surface area contributed by atoms with E-state index in [2.05, 4.69) is 5.32 Å². The van der Waals surface area contributed by atoms with Gasteiger partial charge in [-0.2, -0.15) is 0 Å². The Morgan fingerprint density at radius 2 is 1.87 bits per heavy atom. The number of benzene rings is 1. The first-order chi connectivity index (χ1) is 14.9. The maximum atomic E-state index is 12.6. The van der Waals surface area contributed by atoms with E-state index in [1.165, 1.54) is 15.9 Å². The molecule has 10 heteroatoms. The fraction of sp³-hybridized carbons (Fsp3) is 0.286. The van der Waals surface area contributed by atoms with Crippen LogP contribution in [0, 0.1) is 6.92 Å². The fourth-order valence-corrected chi connectivity index (χ4v) is 4.63. The third-order valence-electron chi connectivity index (χ3n) is 4.41. The average molecular weight is 463 g/mol. The zero-order valence-electron chi connectivity index (χ0n) is 17.5. The zero-order chi connectivity index (χ0) is 22.5. The van der Waals surface area contributed by atoms with E-state index in [0.29, 0.717) is 22.9 Å². The molecule has 2 aromatic heterocycles. The molecule has 164 valence electrons.